The highest BCUT2D eigenvalue weighted by Crippen LogP contribution is 2.22. The lowest BCUT2D eigenvalue weighted by atomic mass is 10.1. The monoisotopic (exact) mass is 315 g/mol. The average molecular weight is 315 g/mol. The molecule has 7 heteroatoms. The van der Waals surface area contributed by atoms with Crippen molar-refractivity contribution in [1.82, 2.24) is 24.7 Å². The SMILES string of the molecule is C=C(C)CCCCCN.Cc1ncc2c(n1)NCc1nncn1-2. The van der Waals surface area contributed by atoms with Crippen molar-refractivity contribution < 1.29 is 0 Å². The first-order valence-electron chi connectivity index (χ1n) is 7.93. The van der Waals surface area contributed by atoms with Gasteiger partial charge in [0, 0.05) is 0 Å². The predicted octanol–water partition coefficient (Wildman–Crippen LogP) is 2.37. The summed E-state index contributed by atoms with van der Waals surface area (Å²) in [5.74, 6) is 2.47. The lowest BCUT2D eigenvalue weighted by Gasteiger charge is -2.17. The molecule has 1 aliphatic heterocycles. The molecule has 0 saturated carbocycles. The zero-order valence-electron chi connectivity index (χ0n) is 13.9. The lowest BCUT2D eigenvalue weighted by molar-refractivity contribution is 0.684. The Kier molecular flexibility index (Phi) is 6.22. The van der Waals surface area contributed by atoms with Gasteiger partial charge in [0.15, 0.2) is 11.6 Å². The van der Waals surface area contributed by atoms with Gasteiger partial charge in [0.1, 0.15) is 17.8 Å². The molecule has 7 nitrogen and oxygen atoms in total. The summed E-state index contributed by atoms with van der Waals surface area (Å²) in [4.78, 5) is 8.44. The van der Waals surface area contributed by atoms with Gasteiger partial charge in [-0.05, 0) is 39.7 Å². The molecule has 3 rings (SSSR count). The van der Waals surface area contributed by atoms with E-state index in [1.54, 1.807) is 12.5 Å². The Hall–Kier alpha value is -2.28. The van der Waals surface area contributed by atoms with Gasteiger partial charge in [0.05, 0.1) is 12.7 Å². The third-order valence-electron chi connectivity index (χ3n) is 3.49. The van der Waals surface area contributed by atoms with E-state index in [1.165, 1.54) is 24.8 Å². The molecule has 0 radical (unpaired) electrons. The number of anilines is 1. The maximum Gasteiger partial charge on any atom is 0.156 e. The maximum absolute atomic E-state index is 5.32. The molecule has 0 fully saturated rings. The van der Waals surface area contributed by atoms with Gasteiger partial charge in [-0.1, -0.05) is 12.0 Å². The highest BCUT2D eigenvalue weighted by Gasteiger charge is 2.17. The van der Waals surface area contributed by atoms with Crippen LogP contribution in [0, 0.1) is 6.92 Å². The summed E-state index contributed by atoms with van der Waals surface area (Å²) in [6.07, 6.45) is 8.29. The van der Waals surface area contributed by atoms with Crippen LogP contribution in [-0.4, -0.2) is 31.3 Å². The van der Waals surface area contributed by atoms with E-state index in [0.717, 1.165) is 36.1 Å². The van der Waals surface area contributed by atoms with Gasteiger partial charge in [0.25, 0.3) is 0 Å². The molecule has 2 aromatic heterocycles. The van der Waals surface area contributed by atoms with E-state index in [2.05, 4.69) is 39.0 Å². The second kappa shape index (κ2) is 8.38. The number of nitrogens with zero attached hydrogens (tertiary/aromatic N) is 5. The third-order valence-corrected chi connectivity index (χ3v) is 3.49. The summed E-state index contributed by atoms with van der Waals surface area (Å²) >= 11 is 0. The molecule has 0 aliphatic carbocycles. The van der Waals surface area contributed by atoms with Crippen LogP contribution >= 0.6 is 0 Å². The van der Waals surface area contributed by atoms with Crippen molar-refractivity contribution in [3.05, 3.63) is 36.3 Å². The molecule has 0 spiro atoms. The van der Waals surface area contributed by atoms with Crippen molar-refractivity contribution >= 4 is 5.82 Å². The zero-order chi connectivity index (χ0) is 16.7. The molecular weight excluding hydrogens is 290 g/mol. The summed E-state index contributed by atoms with van der Waals surface area (Å²) < 4.78 is 1.89. The highest BCUT2D eigenvalue weighted by atomic mass is 15.3. The van der Waals surface area contributed by atoms with Crippen LogP contribution in [0.3, 0.4) is 0 Å². The summed E-state index contributed by atoms with van der Waals surface area (Å²) in [7, 11) is 0. The molecule has 0 bridgehead atoms. The van der Waals surface area contributed by atoms with Gasteiger partial charge in [-0.3, -0.25) is 4.57 Å². The van der Waals surface area contributed by atoms with E-state index in [9.17, 15) is 0 Å². The van der Waals surface area contributed by atoms with Gasteiger partial charge in [0.2, 0.25) is 0 Å². The molecule has 3 N–H and O–H groups in total. The molecule has 3 heterocycles. The number of fused-ring (bicyclic) bond motifs is 3. The third kappa shape index (κ3) is 4.85. The first-order valence-corrected chi connectivity index (χ1v) is 7.93. The molecule has 0 amide bonds. The zero-order valence-corrected chi connectivity index (χ0v) is 13.9. The van der Waals surface area contributed by atoms with Gasteiger partial charge in [-0.15, -0.1) is 16.8 Å². The van der Waals surface area contributed by atoms with Crippen molar-refractivity contribution in [2.24, 2.45) is 5.73 Å². The van der Waals surface area contributed by atoms with Gasteiger partial charge >= 0.3 is 0 Å². The number of unbranched alkanes of at least 4 members (excludes halogenated alkanes) is 2. The van der Waals surface area contributed by atoms with E-state index in [-0.39, 0.29) is 0 Å². The summed E-state index contributed by atoms with van der Waals surface area (Å²) in [6.45, 7) is 9.24. The highest BCUT2D eigenvalue weighted by molar-refractivity contribution is 5.57. The molecule has 1 aliphatic rings. The number of aromatic nitrogens is 5. The number of hydrogen-bond donors (Lipinski definition) is 2. The van der Waals surface area contributed by atoms with Crippen LogP contribution in [0.4, 0.5) is 5.82 Å². The van der Waals surface area contributed by atoms with Crippen molar-refractivity contribution in [3.63, 3.8) is 0 Å². The number of aryl methyl sites for hydroxylation is 1. The molecule has 0 unspecified atom stereocenters. The Morgan fingerprint density at radius 2 is 2.22 bits per heavy atom. The van der Waals surface area contributed by atoms with Crippen molar-refractivity contribution in [3.8, 4) is 5.69 Å². The Morgan fingerprint density at radius 1 is 1.39 bits per heavy atom. The van der Waals surface area contributed by atoms with E-state index >= 15 is 0 Å². The first kappa shape index (κ1) is 17.1. The lowest BCUT2D eigenvalue weighted by Crippen LogP contribution is -2.17. The van der Waals surface area contributed by atoms with E-state index in [4.69, 9.17) is 5.73 Å². The molecule has 2 aromatic rings. The van der Waals surface area contributed by atoms with Crippen LogP contribution in [0.1, 0.15) is 44.3 Å². The Bertz CT molecular complexity index is 648. The van der Waals surface area contributed by atoms with Crippen LogP contribution in [0.5, 0.6) is 0 Å². The second-order valence-corrected chi connectivity index (χ2v) is 5.68. The molecule has 0 aromatic carbocycles. The van der Waals surface area contributed by atoms with Crippen LogP contribution < -0.4 is 11.1 Å². The summed E-state index contributed by atoms with van der Waals surface area (Å²) in [5, 5.41) is 11.0. The van der Waals surface area contributed by atoms with Crippen molar-refractivity contribution in [2.75, 3.05) is 11.9 Å². The fraction of sp³-hybridized carbons (Fsp3) is 0.500. The minimum atomic E-state index is 0.656. The summed E-state index contributed by atoms with van der Waals surface area (Å²) in [5.41, 5.74) is 7.51. The number of nitrogens with one attached hydrogen (secondary N) is 1. The van der Waals surface area contributed by atoms with Crippen LogP contribution in [0.2, 0.25) is 0 Å². The summed E-state index contributed by atoms with van der Waals surface area (Å²) in [6, 6.07) is 0. The fourth-order valence-corrected chi connectivity index (χ4v) is 2.26. The second-order valence-electron chi connectivity index (χ2n) is 5.68. The van der Waals surface area contributed by atoms with E-state index in [0.29, 0.717) is 6.54 Å². The normalized spacial score (nSPS) is 11.6. The largest absolute Gasteiger partial charge is 0.361 e. The Morgan fingerprint density at radius 3 is 2.96 bits per heavy atom. The van der Waals surface area contributed by atoms with Crippen molar-refractivity contribution in [2.45, 2.75) is 46.1 Å². The standard InChI is InChI=1S/C8H8N6.C8H17N/c1-5-9-2-6-8(12-5)10-3-7-13-11-4-14(6)7;1-8(2)6-4-3-5-7-9/h2,4H,3H2,1H3,(H,9,10,12);1,3-7,9H2,2H3. The van der Waals surface area contributed by atoms with Crippen LogP contribution in [-0.2, 0) is 6.54 Å². The molecular formula is C16H25N7. The quantitative estimate of drug-likeness (QED) is 0.650. The smallest absolute Gasteiger partial charge is 0.156 e. The van der Waals surface area contributed by atoms with Crippen molar-refractivity contribution in [1.29, 1.82) is 0 Å². The topological polar surface area (TPSA) is 94.5 Å². The number of allylic oxidation sites excluding steroid dienone is 1. The first-order chi connectivity index (χ1) is 11.1. The Balaban J connectivity index is 0.000000188. The predicted molar refractivity (Wildman–Crippen MR) is 91.3 cm³/mol. The minimum Gasteiger partial charge on any atom is -0.361 e. The van der Waals surface area contributed by atoms with Crippen LogP contribution in [0.15, 0.2) is 24.7 Å². The maximum atomic E-state index is 5.32. The number of rotatable bonds is 5. The van der Waals surface area contributed by atoms with Gasteiger partial charge < -0.3 is 11.1 Å². The number of nitrogens with two attached hydrogens (primary N) is 1. The fourth-order valence-electron chi connectivity index (χ4n) is 2.26. The molecule has 0 saturated heterocycles. The van der Waals surface area contributed by atoms with Gasteiger partial charge in [-0.25, -0.2) is 9.97 Å². The Labute approximate surface area is 137 Å². The molecule has 23 heavy (non-hydrogen) atoms. The average Bonchev–Trinajstić information content (AvgIpc) is 3.00. The van der Waals surface area contributed by atoms with E-state index in [1.807, 2.05) is 11.5 Å². The molecule has 0 atom stereocenters. The molecule has 124 valence electrons. The van der Waals surface area contributed by atoms with E-state index < -0.39 is 0 Å². The number of hydrogen-bond acceptors (Lipinski definition) is 6. The van der Waals surface area contributed by atoms with Gasteiger partial charge in [-0.2, -0.15) is 0 Å². The minimum absolute atomic E-state index is 0.656. The van der Waals surface area contributed by atoms with Crippen LogP contribution in [0.25, 0.3) is 5.69 Å².